The van der Waals surface area contributed by atoms with E-state index >= 15 is 0 Å². The van der Waals surface area contributed by atoms with E-state index < -0.39 is 17.8 Å². The molecule has 0 radical (unpaired) electrons. The van der Waals surface area contributed by atoms with Crippen LogP contribution in [0, 0.1) is 5.95 Å². The summed E-state index contributed by atoms with van der Waals surface area (Å²) >= 11 is 0. The summed E-state index contributed by atoms with van der Waals surface area (Å²) in [5, 5.41) is 11.5. The number of carboxylic acids is 1. The molecule has 1 heterocycles. The van der Waals surface area contributed by atoms with Gasteiger partial charge in [-0.25, -0.2) is 9.78 Å². The average Bonchev–Trinajstić information content (AvgIpc) is 2.47. The first kappa shape index (κ1) is 14.6. The summed E-state index contributed by atoms with van der Waals surface area (Å²) in [5.74, 6) is -2.18. The van der Waals surface area contributed by atoms with Gasteiger partial charge in [0, 0.05) is 6.54 Å². The quantitative estimate of drug-likeness (QED) is 0.823. The lowest BCUT2D eigenvalue weighted by Gasteiger charge is -2.05. The Bertz CT molecular complexity index is 673. The van der Waals surface area contributed by atoms with Crippen molar-refractivity contribution in [3.8, 4) is 0 Å². The Morgan fingerprint density at radius 1 is 1.19 bits per heavy atom. The summed E-state index contributed by atoms with van der Waals surface area (Å²) in [6, 6.07) is 10.5. The Hall–Kier alpha value is -2.76. The van der Waals surface area contributed by atoms with Gasteiger partial charge in [-0.05, 0) is 36.2 Å². The van der Waals surface area contributed by atoms with Crippen molar-refractivity contribution in [1.29, 1.82) is 0 Å². The van der Waals surface area contributed by atoms with Gasteiger partial charge in [-0.3, -0.25) is 4.79 Å². The second kappa shape index (κ2) is 6.60. The number of aromatic carboxylic acids is 1. The van der Waals surface area contributed by atoms with Gasteiger partial charge >= 0.3 is 5.97 Å². The van der Waals surface area contributed by atoms with E-state index in [1.807, 2.05) is 0 Å². The molecule has 1 aromatic carbocycles. The first-order chi connectivity index (χ1) is 10.1. The van der Waals surface area contributed by atoms with Crippen LogP contribution in [-0.2, 0) is 6.42 Å². The highest BCUT2D eigenvalue weighted by molar-refractivity contribution is 5.92. The fraction of sp³-hybridized carbons (Fsp3) is 0.133. The molecule has 2 N–H and O–H groups in total. The van der Waals surface area contributed by atoms with Crippen LogP contribution in [0.3, 0.4) is 0 Å². The molecule has 2 aromatic rings. The Labute approximate surface area is 120 Å². The molecule has 0 saturated heterocycles. The highest BCUT2D eigenvalue weighted by Crippen LogP contribution is 2.06. The van der Waals surface area contributed by atoms with Gasteiger partial charge in [0.05, 0.1) is 5.56 Å². The number of rotatable bonds is 5. The van der Waals surface area contributed by atoms with Crippen molar-refractivity contribution >= 4 is 11.9 Å². The molecule has 5 nitrogen and oxygen atoms in total. The number of aromatic nitrogens is 1. The van der Waals surface area contributed by atoms with Gasteiger partial charge in [-0.2, -0.15) is 4.39 Å². The number of carbonyl (C=O) groups is 2. The lowest BCUT2D eigenvalue weighted by molar-refractivity contribution is 0.0696. The summed E-state index contributed by atoms with van der Waals surface area (Å²) in [6.45, 7) is 0.306. The number of carbonyl (C=O) groups excluding carboxylic acids is 1. The number of nitrogens with zero attached hydrogens (tertiary/aromatic N) is 1. The van der Waals surface area contributed by atoms with Gasteiger partial charge in [0.2, 0.25) is 5.95 Å². The largest absolute Gasteiger partial charge is 0.478 e. The lowest BCUT2D eigenvalue weighted by Crippen LogP contribution is -2.26. The zero-order chi connectivity index (χ0) is 15.2. The molecule has 0 atom stereocenters. The number of nitrogens with one attached hydrogen (secondary N) is 1. The standard InChI is InChI=1S/C15H13FN2O3/c16-13-6-2-5-12(18-13)14(19)17-8-7-10-3-1-4-11(9-10)15(20)21/h1-6,9H,7-8H2,(H,17,19)(H,20,21). The summed E-state index contributed by atoms with van der Waals surface area (Å²) in [6.07, 6.45) is 0.474. The molecular formula is C15H13FN2O3. The molecule has 21 heavy (non-hydrogen) atoms. The summed E-state index contributed by atoms with van der Waals surface area (Å²) in [4.78, 5) is 26.0. The highest BCUT2D eigenvalue weighted by atomic mass is 19.1. The summed E-state index contributed by atoms with van der Waals surface area (Å²) < 4.78 is 12.9. The van der Waals surface area contributed by atoms with Gasteiger partial charge in [-0.1, -0.05) is 18.2 Å². The Morgan fingerprint density at radius 2 is 1.95 bits per heavy atom. The van der Waals surface area contributed by atoms with Crippen LogP contribution in [0.1, 0.15) is 26.4 Å². The molecular weight excluding hydrogens is 275 g/mol. The number of hydrogen-bond donors (Lipinski definition) is 2. The van der Waals surface area contributed by atoms with Gasteiger partial charge in [0.1, 0.15) is 5.69 Å². The van der Waals surface area contributed by atoms with E-state index in [2.05, 4.69) is 10.3 Å². The minimum atomic E-state index is -0.996. The zero-order valence-corrected chi connectivity index (χ0v) is 11.0. The maximum absolute atomic E-state index is 12.9. The van der Waals surface area contributed by atoms with Gasteiger partial charge in [0.25, 0.3) is 5.91 Å². The van der Waals surface area contributed by atoms with Crippen molar-refractivity contribution in [2.75, 3.05) is 6.54 Å². The predicted octanol–water partition coefficient (Wildman–Crippen LogP) is 1.89. The Morgan fingerprint density at radius 3 is 2.67 bits per heavy atom. The van der Waals surface area contributed by atoms with E-state index in [0.29, 0.717) is 13.0 Å². The molecule has 0 unspecified atom stereocenters. The molecule has 1 amide bonds. The number of hydrogen-bond acceptors (Lipinski definition) is 3. The van der Waals surface area contributed by atoms with E-state index in [9.17, 15) is 14.0 Å². The molecule has 0 aliphatic rings. The van der Waals surface area contributed by atoms with E-state index in [0.717, 1.165) is 11.6 Å². The van der Waals surface area contributed by atoms with Crippen LogP contribution in [0.15, 0.2) is 42.5 Å². The monoisotopic (exact) mass is 288 g/mol. The smallest absolute Gasteiger partial charge is 0.335 e. The van der Waals surface area contributed by atoms with Crippen LogP contribution in [-0.4, -0.2) is 28.5 Å². The van der Waals surface area contributed by atoms with E-state index in [-0.39, 0.29) is 11.3 Å². The molecule has 1 aromatic heterocycles. The highest BCUT2D eigenvalue weighted by Gasteiger charge is 2.08. The Balaban J connectivity index is 1.91. The molecule has 0 fully saturated rings. The predicted molar refractivity (Wildman–Crippen MR) is 73.6 cm³/mol. The summed E-state index contributed by atoms with van der Waals surface area (Å²) in [5.41, 5.74) is 1.00. The van der Waals surface area contributed by atoms with Crippen LogP contribution in [0.4, 0.5) is 4.39 Å². The number of halogens is 1. The van der Waals surface area contributed by atoms with E-state index in [4.69, 9.17) is 5.11 Å². The van der Waals surface area contributed by atoms with Crippen molar-refractivity contribution in [2.24, 2.45) is 0 Å². The van der Waals surface area contributed by atoms with Crippen molar-refractivity contribution in [2.45, 2.75) is 6.42 Å². The number of amides is 1. The molecule has 0 spiro atoms. The molecule has 0 bridgehead atoms. The number of carboxylic acid groups (broad SMARTS) is 1. The molecule has 0 aliphatic carbocycles. The number of pyridine rings is 1. The SMILES string of the molecule is O=C(O)c1cccc(CCNC(=O)c2cccc(F)n2)c1. The third-order valence-electron chi connectivity index (χ3n) is 2.82. The van der Waals surface area contributed by atoms with Crippen molar-refractivity contribution < 1.29 is 19.1 Å². The number of benzene rings is 1. The minimum Gasteiger partial charge on any atom is -0.478 e. The topological polar surface area (TPSA) is 79.3 Å². The van der Waals surface area contributed by atoms with Crippen molar-refractivity contribution in [3.63, 3.8) is 0 Å². The van der Waals surface area contributed by atoms with Crippen LogP contribution in [0.25, 0.3) is 0 Å². The minimum absolute atomic E-state index is 0.00860. The van der Waals surface area contributed by atoms with E-state index in [1.165, 1.54) is 18.2 Å². The normalized spacial score (nSPS) is 10.1. The molecule has 6 heteroatoms. The molecule has 0 saturated carbocycles. The third kappa shape index (κ3) is 4.10. The fourth-order valence-corrected chi connectivity index (χ4v) is 1.81. The Kier molecular flexibility index (Phi) is 4.61. The second-order valence-corrected chi connectivity index (χ2v) is 4.36. The van der Waals surface area contributed by atoms with Gasteiger partial charge < -0.3 is 10.4 Å². The first-order valence-corrected chi connectivity index (χ1v) is 6.29. The van der Waals surface area contributed by atoms with Crippen molar-refractivity contribution in [1.82, 2.24) is 10.3 Å². The van der Waals surface area contributed by atoms with Crippen LogP contribution >= 0.6 is 0 Å². The summed E-state index contributed by atoms with van der Waals surface area (Å²) in [7, 11) is 0. The maximum atomic E-state index is 12.9. The molecule has 2 rings (SSSR count). The fourth-order valence-electron chi connectivity index (χ4n) is 1.81. The zero-order valence-electron chi connectivity index (χ0n) is 11.0. The average molecular weight is 288 g/mol. The lowest BCUT2D eigenvalue weighted by atomic mass is 10.1. The van der Waals surface area contributed by atoms with Crippen LogP contribution in [0.2, 0.25) is 0 Å². The molecule has 108 valence electrons. The van der Waals surface area contributed by atoms with Gasteiger partial charge in [0.15, 0.2) is 0 Å². The van der Waals surface area contributed by atoms with Crippen molar-refractivity contribution in [3.05, 3.63) is 65.2 Å². The first-order valence-electron chi connectivity index (χ1n) is 6.29. The van der Waals surface area contributed by atoms with Crippen LogP contribution in [0.5, 0.6) is 0 Å². The maximum Gasteiger partial charge on any atom is 0.335 e. The van der Waals surface area contributed by atoms with Gasteiger partial charge in [-0.15, -0.1) is 0 Å². The van der Waals surface area contributed by atoms with E-state index in [1.54, 1.807) is 18.2 Å². The molecule has 0 aliphatic heterocycles. The third-order valence-corrected chi connectivity index (χ3v) is 2.82. The van der Waals surface area contributed by atoms with Crippen LogP contribution < -0.4 is 5.32 Å². The second-order valence-electron chi connectivity index (χ2n) is 4.36.